The third-order valence-electron chi connectivity index (χ3n) is 3.83. The second-order valence-corrected chi connectivity index (χ2v) is 5.82. The van der Waals surface area contributed by atoms with Gasteiger partial charge in [-0.25, -0.2) is 0 Å². The number of para-hydroxylation sites is 1. The van der Waals surface area contributed by atoms with Crippen LogP contribution in [0.5, 0.6) is 5.75 Å². The number of rotatable bonds is 6. The van der Waals surface area contributed by atoms with Gasteiger partial charge in [0.2, 0.25) is 0 Å². The van der Waals surface area contributed by atoms with Gasteiger partial charge in [0.25, 0.3) is 0 Å². The van der Waals surface area contributed by atoms with E-state index in [2.05, 4.69) is 10.6 Å². The molecule has 6 nitrogen and oxygen atoms in total. The number of amides is 2. The molecular formula is C19H22N2O4. The highest BCUT2D eigenvalue weighted by atomic mass is 16.5. The molecule has 2 amide bonds. The van der Waals surface area contributed by atoms with Crippen molar-refractivity contribution in [3.05, 3.63) is 65.7 Å². The lowest BCUT2D eigenvalue weighted by Crippen LogP contribution is -2.45. The average molecular weight is 342 g/mol. The molecule has 1 unspecified atom stereocenters. The number of carbonyl (C=O) groups is 2. The Morgan fingerprint density at radius 2 is 1.60 bits per heavy atom. The van der Waals surface area contributed by atoms with Gasteiger partial charge < -0.3 is 20.5 Å². The smallest absolute Gasteiger partial charge is 0.309 e. The van der Waals surface area contributed by atoms with Crippen LogP contribution in [0.4, 0.5) is 0 Å². The Bertz CT molecular complexity index is 729. The van der Waals surface area contributed by atoms with Gasteiger partial charge in [0.15, 0.2) is 0 Å². The zero-order chi connectivity index (χ0) is 18.3. The molecule has 2 aromatic rings. The Balaban J connectivity index is 1.87. The molecule has 132 valence electrons. The molecule has 2 rings (SSSR count). The lowest BCUT2D eigenvalue weighted by atomic mass is 9.96. The highest BCUT2D eigenvalue weighted by Gasteiger charge is 2.25. The van der Waals surface area contributed by atoms with Crippen LogP contribution >= 0.6 is 0 Å². The summed E-state index contributed by atoms with van der Waals surface area (Å²) in [6.45, 7) is 1.68. The SMILES string of the molecule is COc1ccccc1CNC(=O)C(=O)NCC(C)(O)c1ccccc1. The summed E-state index contributed by atoms with van der Waals surface area (Å²) < 4.78 is 5.19. The minimum absolute atomic E-state index is 0.0715. The second-order valence-electron chi connectivity index (χ2n) is 5.82. The van der Waals surface area contributed by atoms with E-state index in [9.17, 15) is 14.7 Å². The Hall–Kier alpha value is -2.86. The van der Waals surface area contributed by atoms with Crippen LogP contribution in [0, 0.1) is 0 Å². The fourth-order valence-corrected chi connectivity index (χ4v) is 2.34. The first-order chi connectivity index (χ1) is 11.9. The van der Waals surface area contributed by atoms with Gasteiger partial charge in [-0.15, -0.1) is 0 Å². The maximum absolute atomic E-state index is 11.9. The minimum Gasteiger partial charge on any atom is -0.496 e. The number of hydrogen-bond acceptors (Lipinski definition) is 4. The molecular weight excluding hydrogens is 320 g/mol. The maximum Gasteiger partial charge on any atom is 0.309 e. The van der Waals surface area contributed by atoms with E-state index < -0.39 is 17.4 Å². The Morgan fingerprint density at radius 3 is 2.28 bits per heavy atom. The van der Waals surface area contributed by atoms with Crippen molar-refractivity contribution in [2.45, 2.75) is 19.1 Å². The normalized spacial score (nSPS) is 12.8. The van der Waals surface area contributed by atoms with Gasteiger partial charge >= 0.3 is 11.8 Å². The van der Waals surface area contributed by atoms with E-state index in [4.69, 9.17) is 4.74 Å². The highest BCUT2D eigenvalue weighted by Crippen LogP contribution is 2.19. The van der Waals surface area contributed by atoms with Crippen LogP contribution in [-0.4, -0.2) is 30.6 Å². The number of benzene rings is 2. The molecule has 0 fully saturated rings. The first kappa shape index (κ1) is 18.5. The predicted octanol–water partition coefficient (Wildman–Crippen LogP) is 1.34. The van der Waals surface area contributed by atoms with E-state index in [0.717, 1.165) is 5.56 Å². The lowest BCUT2D eigenvalue weighted by Gasteiger charge is -2.24. The van der Waals surface area contributed by atoms with Crippen molar-refractivity contribution >= 4 is 11.8 Å². The van der Waals surface area contributed by atoms with Gasteiger partial charge in [-0.2, -0.15) is 0 Å². The van der Waals surface area contributed by atoms with Crippen molar-refractivity contribution in [2.24, 2.45) is 0 Å². The van der Waals surface area contributed by atoms with Crippen molar-refractivity contribution in [3.8, 4) is 5.75 Å². The quantitative estimate of drug-likeness (QED) is 0.691. The second kappa shape index (κ2) is 8.30. The Labute approximate surface area is 146 Å². The van der Waals surface area contributed by atoms with Crippen LogP contribution < -0.4 is 15.4 Å². The number of aliphatic hydroxyl groups is 1. The number of nitrogens with one attached hydrogen (secondary N) is 2. The van der Waals surface area contributed by atoms with E-state index in [1.165, 1.54) is 0 Å². The molecule has 0 radical (unpaired) electrons. The first-order valence-corrected chi connectivity index (χ1v) is 7.90. The molecule has 25 heavy (non-hydrogen) atoms. The van der Waals surface area contributed by atoms with E-state index in [-0.39, 0.29) is 13.1 Å². The number of ether oxygens (including phenoxy) is 1. The maximum atomic E-state index is 11.9. The fraction of sp³-hybridized carbons (Fsp3) is 0.263. The molecule has 3 N–H and O–H groups in total. The monoisotopic (exact) mass is 342 g/mol. The standard InChI is InChI=1S/C19H22N2O4/c1-19(24,15-9-4-3-5-10-15)13-21-18(23)17(22)20-12-14-8-6-7-11-16(14)25-2/h3-11,24H,12-13H2,1-2H3,(H,20,22)(H,21,23). The highest BCUT2D eigenvalue weighted by molar-refractivity contribution is 6.35. The van der Waals surface area contributed by atoms with E-state index >= 15 is 0 Å². The minimum atomic E-state index is -1.26. The van der Waals surface area contributed by atoms with Gasteiger partial charge in [0.1, 0.15) is 11.4 Å². The summed E-state index contributed by atoms with van der Waals surface area (Å²) in [6.07, 6.45) is 0. The summed E-state index contributed by atoms with van der Waals surface area (Å²) >= 11 is 0. The Kier molecular flexibility index (Phi) is 6.14. The third-order valence-corrected chi connectivity index (χ3v) is 3.83. The Morgan fingerprint density at radius 1 is 1.00 bits per heavy atom. The van der Waals surface area contributed by atoms with Crippen molar-refractivity contribution in [2.75, 3.05) is 13.7 Å². The summed E-state index contributed by atoms with van der Waals surface area (Å²) in [5, 5.41) is 15.4. The first-order valence-electron chi connectivity index (χ1n) is 7.90. The fourth-order valence-electron chi connectivity index (χ4n) is 2.34. The van der Waals surface area contributed by atoms with Crippen LogP contribution in [0.15, 0.2) is 54.6 Å². The van der Waals surface area contributed by atoms with E-state index in [1.54, 1.807) is 50.4 Å². The summed E-state index contributed by atoms with van der Waals surface area (Å²) in [7, 11) is 1.54. The van der Waals surface area contributed by atoms with Crippen LogP contribution in [0.1, 0.15) is 18.1 Å². The molecule has 2 aromatic carbocycles. The molecule has 1 atom stereocenters. The molecule has 0 aliphatic heterocycles. The number of carbonyl (C=O) groups excluding carboxylic acids is 2. The number of methoxy groups -OCH3 is 1. The summed E-state index contributed by atoms with van der Waals surface area (Å²) in [5.41, 5.74) is 0.159. The van der Waals surface area contributed by atoms with Gasteiger partial charge in [0, 0.05) is 12.1 Å². The van der Waals surface area contributed by atoms with Gasteiger partial charge in [-0.05, 0) is 18.6 Å². The molecule has 6 heteroatoms. The van der Waals surface area contributed by atoms with Crippen LogP contribution in [-0.2, 0) is 21.7 Å². The van der Waals surface area contributed by atoms with E-state index in [0.29, 0.717) is 11.3 Å². The van der Waals surface area contributed by atoms with Crippen molar-refractivity contribution in [1.29, 1.82) is 0 Å². The summed E-state index contributed by atoms with van der Waals surface area (Å²) in [6, 6.07) is 16.2. The predicted molar refractivity (Wildman–Crippen MR) is 93.9 cm³/mol. The molecule has 0 spiro atoms. The number of hydrogen-bond donors (Lipinski definition) is 3. The topological polar surface area (TPSA) is 87.7 Å². The van der Waals surface area contributed by atoms with Gasteiger partial charge in [-0.3, -0.25) is 9.59 Å². The lowest BCUT2D eigenvalue weighted by molar-refractivity contribution is -0.139. The largest absolute Gasteiger partial charge is 0.496 e. The summed E-state index contributed by atoms with van der Waals surface area (Å²) in [4.78, 5) is 23.9. The molecule has 0 bridgehead atoms. The van der Waals surface area contributed by atoms with Crippen molar-refractivity contribution in [3.63, 3.8) is 0 Å². The van der Waals surface area contributed by atoms with Crippen LogP contribution in [0.3, 0.4) is 0 Å². The molecule has 0 saturated heterocycles. The average Bonchev–Trinajstić information content (AvgIpc) is 2.65. The van der Waals surface area contributed by atoms with Gasteiger partial charge in [0.05, 0.1) is 13.7 Å². The zero-order valence-corrected chi connectivity index (χ0v) is 14.3. The van der Waals surface area contributed by atoms with Crippen molar-refractivity contribution < 1.29 is 19.4 Å². The molecule has 0 saturated carbocycles. The molecule has 0 aromatic heterocycles. The van der Waals surface area contributed by atoms with E-state index in [1.807, 2.05) is 18.2 Å². The summed E-state index contributed by atoms with van der Waals surface area (Å²) in [5.74, 6) is -0.934. The van der Waals surface area contributed by atoms with Crippen LogP contribution in [0.25, 0.3) is 0 Å². The third kappa shape index (κ3) is 5.06. The molecule has 0 aliphatic carbocycles. The van der Waals surface area contributed by atoms with Gasteiger partial charge in [-0.1, -0.05) is 48.5 Å². The zero-order valence-electron chi connectivity index (χ0n) is 14.3. The van der Waals surface area contributed by atoms with Crippen molar-refractivity contribution in [1.82, 2.24) is 10.6 Å². The molecule has 0 heterocycles. The van der Waals surface area contributed by atoms with Crippen LogP contribution in [0.2, 0.25) is 0 Å². The molecule has 0 aliphatic rings.